The van der Waals surface area contributed by atoms with E-state index < -0.39 is 0 Å². The van der Waals surface area contributed by atoms with Crippen LogP contribution in [0.2, 0.25) is 0 Å². The predicted octanol–water partition coefficient (Wildman–Crippen LogP) is 1.53. The van der Waals surface area contributed by atoms with Gasteiger partial charge in [-0.25, -0.2) is 0 Å². The fourth-order valence-electron chi connectivity index (χ4n) is 3.60. The molecule has 1 N–H and O–H groups in total. The predicted molar refractivity (Wildman–Crippen MR) is 69.2 cm³/mol. The summed E-state index contributed by atoms with van der Waals surface area (Å²) in [5, 5.41) is 7.92. The van der Waals surface area contributed by atoms with Crippen molar-refractivity contribution in [3.63, 3.8) is 0 Å². The number of nitrogens with zero attached hydrogens (tertiary/aromatic N) is 3. The molecular formula is C13H22N4. The third-order valence-corrected chi connectivity index (χ3v) is 4.22. The van der Waals surface area contributed by atoms with Crippen molar-refractivity contribution in [2.75, 3.05) is 11.4 Å². The van der Waals surface area contributed by atoms with Gasteiger partial charge in [0, 0.05) is 31.4 Å². The largest absolute Gasteiger partial charge is 0.363 e. The average molecular weight is 234 g/mol. The van der Waals surface area contributed by atoms with E-state index in [0.29, 0.717) is 0 Å². The van der Waals surface area contributed by atoms with Crippen molar-refractivity contribution < 1.29 is 0 Å². The van der Waals surface area contributed by atoms with Gasteiger partial charge in [0.25, 0.3) is 0 Å². The van der Waals surface area contributed by atoms with Crippen LogP contribution in [-0.4, -0.2) is 34.5 Å². The number of fused-ring (bicyclic) bond motifs is 2. The van der Waals surface area contributed by atoms with Crippen molar-refractivity contribution in [3.05, 3.63) is 12.4 Å². The van der Waals surface area contributed by atoms with Crippen molar-refractivity contribution >= 4 is 5.69 Å². The summed E-state index contributed by atoms with van der Waals surface area (Å²) < 4.78 is 1.91. The number of nitrogens with one attached hydrogen (secondary N) is 1. The first-order valence-corrected chi connectivity index (χ1v) is 6.78. The van der Waals surface area contributed by atoms with Gasteiger partial charge in [-0.05, 0) is 32.2 Å². The molecule has 0 saturated carbocycles. The molecule has 2 fully saturated rings. The molecule has 2 unspecified atom stereocenters. The van der Waals surface area contributed by atoms with Gasteiger partial charge < -0.3 is 10.2 Å². The molecule has 94 valence electrons. The average Bonchev–Trinajstić information content (AvgIpc) is 2.81. The van der Waals surface area contributed by atoms with Crippen LogP contribution >= 0.6 is 0 Å². The minimum atomic E-state index is 0.724. The van der Waals surface area contributed by atoms with E-state index in [1.54, 1.807) is 0 Å². The van der Waals surface area contributed by atoms with Crippen LogP contribution in [0.3, 0.4) is 0 Å². The van der Waals surface area contributed by atoms with Crippen molar-refractivity contribution in [3.8, 4) is 0 Å². The highest BCUT2D eigenvalue weighted by atomic mass is 15.3. The van der Waals surface area contributed by atoms with Crippen LogP contribution in [0.5, 0.6) is 0 Å². The summed E-state index contributed by atoms with van der Waals surface area (Å²) in [5.74, 6) is 0. The van der Waals surface area contributed by atoms with Gasteiger partial charge in [0.1, 0.15) is 0 Å². The molecule has 1 aromatic rings. The number of anilines is 1. The molecule has 4 nitrogen and oxygen atoms in total. The highest BCUT2D eigenvalue weighted by Gasteiger charge is 2.40. The second kappa shape index (κ2) is 4.33. The zero-order valence-electron chi connectivity index (χ0n) is 10.8. The molecule has 2 aliphatic heterocycles. The second-order valence-electron chi connectivity index (χ2n) is 5.39. The van der Waals surface area contributed by atoms with Gasteiger partial charge in [0.05, 0.1) is 11.9 Å². The normalized spacial score (nSPS) is 32.1. The molecule has 2 bridgehead atoms. The van der Waals surface area contributed by atoms with Crippen LogP contribution < -0.4 is 10.2 Å². The standard InChI is InChI=1S/C13H22N4/c1-3-14-10-6-11-4-5-12(7-10)17(11)13-8-15-16(2)9-13/h8-12,14H,3-7H2,1-2H3. The summed E-state index contributed by atoms with van der Waals surface area (Å²) in [5.41, 5.74) is 1.31. The van der Waals surface area contributed by atoms with E-state index in [4.69, 9.17) is 0 Å². The summed E-state index contributed by atoms with van der Waals surface area (Å²) in [6.45, 7) is 3.30. The zero-order chi connectivity index (χ0) is 11.8. The quantitative estimate of drug-likeness (QED) is 0.861. The number of hydrogen-bond acceptors (Lipinski definition) is 3. The summed E-state index contributed by atoms with van der Waals surface area (Å²) in [7, 11) is 2.00. The lowest BCUT2D eigenvalue weighted by molar-refractivity contribution is 0.361. The second-order valence-corrected chi connectivity index (χ2v) is 5.39. The maximum atomic E-state index is 4.30. The van der Waals surface area contributed by atoms with E-state index in [9.17, 15) is 0 Å². The maximum absolute atomic E-state index is 4.30. The lowest BCUT2D eigenvalue weighted by Crippen LogP contribution is -2.49. The molecule has 0 aromatic carbocycles. The van der Waals surface area contributed by atoms with Crippen LogP contribution in [0, 0.1) is 0 Å². The van der Waals surface area contributed by atoms with Crippen LogP contribution in [-0.2, 0) is 7.05 Å². The van der Waals surface area contributed by atoms with Crippen LogP contribution in [0.1, 0.15) is 32.6 Å². The molecule has 0 spiro atoms. The first kappa shape index (κ1) is 11.1. The Balaban J connectivity index is 1.76. The van der Waals surface area contributed by atoms with Crippen molar-refractivity contribution in [2.24, 2.45) is 7.05 Å². The van der Waals surface area contributed by atoms with Gasteiger partial charge >= 0.3 is 0 Å². The highest BCUT2D eigenvalue weighted by Crippen LogP contribution is 2.38. The summed E-state index contributed by atoms with van der Waals surface area (Å²) in [6, 6.07) is 2.18. The smallest absolute Gasteiger partial charge is 0.0757 e. The molecule has 0 aliphatic carbocycles. The molecule has 4 heteroatoms. The van der Waals surface area contributed by atoms with Crippen molar-refractivity contribution in [2.45, 2.75) is 50.7 Å². The molecular weight excluding hydrogens is 212 g/mol. The molecule has 2 atom stereocenters. The third-order valence-electron chi connectivity index (χ3n) is 4.22. The number of hydrogen-bond donors (Lipinski definition) is 1. The molecule has 2 aliphatic rings. The Morgan fingerprint density at radius 1 is 1.35 bits per heavy atom. The third kappa shape index (κ3) is 1.95. The van der Waals surface area contributed by atoms with E-state index in [-0.39, 0.29) is 0 Å². The monoisotopic (exact) mass is 234 g/mol. The molecule has 1 aromatic heterocycles. The van der Waals surface area contributed by atoms with Crippen LogP contribution in [0.4, 0.5) is 5.69 Å². The van der Waals surface area contributed by atoms with Crippen molar-refractivity contribution in [1.29, 1.82) is 0 Å². The zero-order valence-corrected chi connectivity index (χ0v) is 10.8. The molecule has 0 amide bonds. The minimum absolute atomic E-state index is 0.724. The Kier molecular flexibility index (Phi) is 2.82. The Morgan fingerprint density at radius 3 is 2.59 bits per heavy atom. The molecule has 3 rings (SSSR count). The van der Waals surface area contributed by atoms with E-state index in [1.165, 1.54) is 31.4 Å². The number of aromatic nitrogens is 2. The summed E-state index contributed by atoms with van der Waals surface area (Å²) in [6.07, 6.45) is 9.44. The minimum Gasteiger partial charge on any atom is -0.363 e. The Labute approximate surface area is 103 Å². The topological polar surface area (TPSA) is 33.1 Å². The van der Waals surface area contributed by atoms with Gasteiger partial charge in [0.2, 0.25) is 0 Å². The maximum Gasteiger partial charge on any atom is 0.0757 e. The van der Waals surface area contributed by atoms with E-state index in [1.807, 2.05) is 17.9 Å². The molecule has 3 heterocycles. The van der Waals surface area contributed by atoms with Gasteiger partial charge in [-0.3, -0.25) is 4.68 Å². The van der Waals surface area contributed by atoms with E-state index in [2.05, 4.69) is 28.4 Å². The van der Waals surface area contributed by atoms with Gasteiger partial charge in [0.15, 0.2) is 0 Å². The molecule has 0 radical (unpaired) electrons. The van der Waals surface area contributed by atoms with Crippen LogP contribution in [0.15, 0.2) is 12.4 Å². The fraction of sp³-hybridized carbons (Fsp3) is 0.769. The first-order chi connectivity index (χ1) is 8.28. The first-order valence-electron chi connectivity index (χ1n) is 6.78. The lowest BCUT2D eigenvalue weighted by Gasteiger charge is -2.40. The van der Waals surface area contributed by atoms with Gasteiger partial charge in [-0.1, -0.05) is 6.92 Å². The number of aryl methyl sites for hydroxylation is 1. The Bertz CT molecular complexity index is 373. The van der Waals surface area contributed by atoms with E-state index in [0.717, 1.165) is 24.7 Å². The van der Waals surface area contributed by atoms with Crippen molar-refractivity contribution in [1.82, 2.24) is 15.1 Å². The SMILES string of the molecule is CCNC1CC2CCC(C1)N2c1cnn(C)c1. The van der Waals surface area contributed by atoms with Gasteiger partial charge in [-0.15, -0.1) is 0 Å². The summed E-state index contributed by atoms with van der Waals surface area (Å²) >= 11 is 0. The number of piperidine rings is 1. The number of rotatable bonds is 3. The van der Waals surface area contributed by atoms with E-state index >= 15 is 0 Å². The molecule has 2 saturated heterocycles. The summed E-state index contributed by atoms with van der Waals surface area (Å²) in [4.78, 5) is 2.61. The van der Waals surface area contributed by atoms with Crippen LogP contribution in [0.25, 0.3) is 0 Å². The van der Waals surface area contributed by atoms with Gasteiger partial charge in [-0.2, -0.15) is 5.10 Å². The highest BCUT2D eigenvalue weighted by molar-refractivity contribution is 5.47. The Morgan fingerprint density at radius 2 is 2.06 bits per heavy atom. The molecule has 17 heavy (non-hydrogen) atoms. The lowest BCUT2D eigenvalue weighted by atomic mass is 9.97. The fourth-order valence-corrected chi connectivity index (χ4v) is 3.60. The Hall–Kier alpha value is -1.03.